The molecule has 160 valence electrons. The van der Waals surface area contributed by atoms with E-state index in [0.29, 0.717) is 45.1 Å². The second-order valence-corrected chi connectivity index (χ2v) is 7.19. The lowest BCUT2D eigenvalue weighted by atomic mass is 10.2. The van der Waals surface area contributed by atoms with Crippen molar-refractivity contribution in [1.82, 2.24) is 0 Å². The van der Waals surface area contributed by atoms with Gasteiger partial charge in [0.15, 0.2) is 6.61 Å². The molecule has 6 nitrogen and oxygen atoms in total. The summed E-state index contributed by atoms with van der Waals surface area (Å²) in [4.78, 5) is 24.6. The van der Waals surface area contributed by atoms with E-state index in [4.69, 9.17) is 32.7 Å². The minimum absolute atomic E-state index is 0.201. The van der Waals surface area contributed by atoms with E-state index in [1.54, 1.807) is 54.6 Å². The van der Waals surface area contributed by atoms with Gasteiger partial charge in [-0.05, 0) is 61.5 Å². The highest BCUT2D eigenvalue weighted by Gasteiger charge is 2.11. The van der Waals surface area contributed by atoms with Gasteiger partial charge in [0.05, 0.1) is 22.3 Å². The number of benzene rings is 3. The first-order valence-electron chi connectivity index (χ1n) is 9.47. The van der Waals surface area contributed by atoms with E-state index in [9.17, 15) is 9.59 Å². The van der Waals surface area contributed by atoms with Crippen LogP contribution in [0.4, 0.5) is 11.4 Å². The van der Waals surface area contributed by atoms with Crippen LogP contribution in [-0.2, 0) is 4.79 Å². The van der Waals surface area contributed by atoms with Crippen molar-refractivity contribution < 1.29 is 19.1 Å². The third kappa shape index (κ3) is 6.38. The number of amides is 2. The number of carbonyl (C=O) groups is 2. The Morgan fingerprint density at radius 2 is 1.61 bits per heavy atom. The summed E-state index contributed by atoms with van der Waals surface area (Å²) in [5.41, 5.74) is 1.55. The standard InChI is InChI=1S/C23H20Cl2N2O4/c1-2-30-21-6-4-3-5-20(21)27-23(29)15-7-10-17(11-8-15)31-14-22(28)26-16-9-12-18(24)19(25)13-16/h3-13H,2,14H2,1H3,(H,26,28)(H,27,29). The first-order valence-corrected chi connectivity index (χ1v) is 10.2. The molecule has 0 aliphatic carbocycles. The van der Waals surface area contributed by atoms with Gasteiger partial charge in [0, 0.05) is 11.3 Å². The smallest absolute Gasteiger partial charge is 0.262 e. The molecule has 0 aliphatic rings. The Morgan fingerprint density at radius 1 is 0.871 bits per heavy atom. The predicted octanol–water partition coefficient (Wildman–Crippen LogP) is 5.66. The molecule has 3 rings (SSSR count). The van der Waals surface area contributed by atoms with Gasteiger partial charge in [-0.15, -0.1) is 0 Å². The number of hydrogen-bond donors (Lipinski definition) is 2. The monoisotopic (exact) mass is 458 g/mol. The molecule has 0 unspecified atom stereocenters. The molecule has 0 saturated heterocycles. The normalized spacial score (nSPS) is 10.3. The summed E-state index contributed by atoms with van der Waals surface area (Å²) in [5.74, 6) is 0.422. The van der Waals surface area contributed by atoms with E-state index in [0.717, 1.165) is 0 Å². The molecule has 8 heteroatoms. The van der Waals surface area contributed by atoms with Crippen LogP contribution in [0, 0.1) is 0 Å². The van der Waals surface area contributed by atoms with Gasteiger partial charge in [0.1, 0.15) is 11.5 Å². The Morgan fingerprint density at radius 3 is 2.32 bits per heavy atom. The molecule has 0 spiro atoms. The molecule has 0 aliphatic heterocycles. The number of para-hydroxylation sites is 2. The van der Waals surface area contributed by atoms with E-state index in [1.165, 1.54) is 0 Å². The van der Waals surface area contributed by atoms with Gasteiger partial charge in [-0.25, -0.2) is 0 Å². The Labute approximate surface area is 190 Å². The number of rotatable bonds is 8. The van der Waals surface area contributed by atoms with Crippen LogP contribution in [0.3, 0.4) is 0 Å². The summed E-state index contributed by atoms with van der Waals surface area (Å²) >= 11 is 11.8. The molecule has 31 heavy (non-hydrogen) atoms. The Kier molecular flexibility index (Phi) is 7.76. The molecule has 0 atom stereocenters. The van der Waals surface area contributed by atoms with Crippen LogP contribution in [0.2, 0.25) is 10.0 Å². The molecule has 0 bridgehead atoms. The second-order valence-electron chi connectivity index (χ2n) is 6.37. The van der Waals surface area contributed by atoms with Crippen LogP contribution in [-0.4, -0.2) is 25.0 Å². The number of hydrogen-bond acceptors (Lipinski definition) is 4. The largest absolute Gasteiger partial charge is 0.492 e. The molecule has 0 aromatic heterocycles. The van der Waals surface area contributed by atoms with Crippen molar-refractivity contribution in [3.8, 4) is 11.5 Å². The molecule has 3 aromatic rings. The molecular weight excluding hydrogens is 439 g/mol. The molecular formula is C23H20Cl2N2O4. The van der Waals surface area contributed by atoms with Crippen LogP contribution in [0.15, 0.2) is 66.7 Å². The first-order chi connectivity index (χ1) is 15.0. The topological polar surface area (TPSA) is 76.7 Å². The predicted molar refractivity (Wildman–Crippen MR) is 123 cm³/mol. The third-order valence-electron chi connectivity index (χ3n) is 4.12. The lowest BCUT2D eigenvalue weighted by molar-refractivity contribution is -0.118. The maximum absolute atomic E-state index is 12.5. The van der Waals surface area contributed by atoms with Crippen molar-refractivity contribution in [2.75, 3.05) is 23.8 Å². The second kappa shape index (κ2) is 10.7. The third-order valence-corrected chi connectivity index (χ3v) is 4.86. The van der Waals surface area contributed by atoms with Crippen molar-refractivity contribution in [2.45, 2.75) is 6.92 Å². The van der Waals surface area contributed by atoms with E-state index in [2.05, 4.69) is 10.6 Å². The minimum atomic E-state index is -0.354. The maximum Gasteiger partial charge on any atom is 0.262 e. The number of anilines is 2. The van der Waals surface area contributed by atoms with E-state index < -0.39 is 0 Å². The van der Waals surface area contributed by atoms with E-state index >= 15 is 0 Å². The highest BCUT2D eigenvalue weighted by atomic mass is 35.5. The fraction of sp³-hybridized carbons (Fsp3) is 0.130. The van der Waals surface area contributed by atoms with Crippen molar-refractivity contribution >= 4 is 46.4 Å². The van der Waals surface area contributed by atoms with E-state index in [1.807, 2.05) is 19.1 Å². The van der Waals surface area contributed by atoms with Crippen LogP contribution >= 0.6 is 23.2 Å². The van der Waals surface area contributed by atoms with Gasteiger partial charge in [-0.2, -0.15) is 0 Å². The Balaban J connectivity index is 1.54. The SMILES string of the molecule is CCOc1ccccc1NC(=O)c1ccc(OCC(=O)Nc2ccc(Cl)c(Cl)c2)cc1. The molecule has 3 aromatic carbocycles. The van der Waals surface area contributed by atoms with Gasteiger partial charge >= 0.3 is 0 Å². The summed E-state index contributed by atoms with van der Waals surface area (Å²) in [5, 5.41) is 6.25. The zero-order valence-electron chi connectivity index (χ0n) is 16.7. The minimum Gasteiger partial charge on any atom is -0.492 e. The van der Waals surface area contributed by atoms with Crippen LogP contribution in [0.1, 0.15) is 17.3 Å². The van der Waals surface area contributed by atoms with Gasteiger partial charge < -0.3 is 20.1 Å². The summed E-state index contributed by atoms with van der Waals surface area (Å²) < 4.78 is 11.0. The summed E-state index contributed by atoms with van der Waals surface area (Å²) in [7, 11) is 0. The molecule has 2 amide bonds. The number of nitrogens with one attached hydrogen (secondary N) is 2. The van der Waals surface area contributed by atoms with Crippen LogP contribution in [0.5, 0.6) is 11.5 Å². The first kappa shape index (κ1) is 22.5. The lowest BCUT2D eigenvalue weighted by Gasteiger charge is -2.12. The van der Waals surface area contributed by atoms with Crippen molar-refractivity contribution in [2.24, 2.45) is 0 Å². The van der Waals surface area contributed by atoms with Gasteiger partial charge in [0.2, 0.25) is 0 Å². The molecule has 2 N–H and O–H groups in total. The van der Waals surface area contributed by atoms with Crippen molar-refractivity contribution in [3.63, 3.8) is 0 Å². The zero-order chi connectivity index (χ0) is 22.2. The Hall–Kier alpha value is -3.22. The molecule has 0 radical (unpaired) electrons. The van der Waals surface area contributed by atoms with Gasteiger partial charge in [-0.3, -0.25) is 9.59 Å². The highest BCUT2D eigenvalue weighted by Crippen LogP contribution is 2.26. The molecule has 0 heterocycles. The van der Waals surface area contributed by atoms with Crippen LogP contribution in [0.25, 0.3) is 0 Å². The van der Waals surface area contributed by atoms with Crippen LogP contribution < -0.4 is 20.1 Å². The quantitative estimate of drug-likeness (QED) is 0.456. The van der Waals surface area contributed by atoms with Crippen molar-refractivity contribution in [3.05, 3.63) is 82.3 Å². The lowest BCUT2D eigenvalue weighted by Crippen LogP contribution is -2.20. The summed E-state index contributed by atoms with van der Waals surface area (Å²) in [6.07, 6.45) is 0. The average Bonchev–Trinajstić information content (AvgIpc) is 2.77. The fourth-order valence-corrected chi connectivity index (χ4v) is 2.97. The fourth-order valence-electron chi connectivity index (χ4n) is 2.67. The van der Waals surface area contributed by atoms with Crippen molar-refractivity contribution in [1.29, 1.82) is 0 Å². The highest BCUT2D eigenvalue weighted by molar-refractivity contribution is 6.42. The summed E-state index contributed by atoms with van der Waals surface area (Å²) in [6.45, 7) is 2.17. The average molecular weight is 459 g/mol. The van der Waals surface area contributed by atoms with Gasteiger partial charge in [0.25, 0.3) is 11.8 Å². The van der Waals surface area contributed by atoms with E-state index in [-0.39, 0.29) is 18.4 Å². The number of ether oxygens (including phenoxy) is 2. The molecule has 0 fully saturated rings. The molecule has 0 saturated carbocycles. The summed E-state index contributed by atoms with van der Waals surface area (Å²) in [6, 6.07) is 18.5. The van der Waals surface area contributed by atoms with Gasteiger partial charge in [-0.1, -0.05) is 35.3 Å². The maximum atomic E-state index is 12.5. The number of halogens is 2. The Bertz CT molecular complexity index is 1070. The number of carbonyl (C=O) groups excluding carboxylic acids is 2. The zero-order valence-corrected chi connectivity index (χ0v) is 18.2.